The number of amides is 2. The number of carbonyl (C=O) groups excluding carboxylic acids is 2. The number of morpholine rings is 1. The van der Waals surface area contributed by atoms with Crippen LogP contribution in [0.2, 0.25) is 0 Å². The Kier molecular flexibility index (Phi) is 5.49. The first-order valence-electron chi connectivity index (χ1n) is 11.5. The molecule has 5 rings (SSSR count). The van der Waals surface area contributed by atoms with Gasteiger partial charge in [-0.15, -0.1) is 10.2 Å². The van der Waals surface area contributed by atoms with Gasteiger partial charge in [0.05, 0.1) is 18.6 Å². The van der Waals surface area contributed by atoms with E-state index in [1.165, 1.54) is 6.42 Å². The molecule has 4 aliphatic rings. The van der Waals surface area contributed by atoms with Crippen molar-refractivity contribution in [3.05, 3.63) is 11.6 Å². The van der Waals surface area contributed by atoms with E-state index in [1.807, 2.05) is 14.4 Å². The first-order chi connectivity index (χ1) is 14.7. The Morgan fingerprint density at radius 3 is 2.67 bits per heavy atom. The SMILES string of the molecule is O=C(c1nnc2n1CCCCC2)N1CCC2(CCN(CCN3CCOCC3)C2=O)C1. The molecule has 2 amide bonds. The molecule has 1 aromatic rings. The van der Waals surface area contributed by atoms with E-state index in [1.54, 1.807) is 0 Å². The van der Waals surface area contributed by atoms with Gasteiger partial charge in [-0.2, -0.15) is 0 Å². The van der Waals surface area contributed by atoms with Crippen LogP contribution >= 0.6 is 0 Å². The molecule has 0 bridgehead atoms. The number of aryl methyl sites for hydroxylation is 1. The van der Waals surface area contributed by atoms with E-state index in [0.29, 0.717) is 18.9 Å². The fourth-order valence-corrected chi connectivity index (χ4v) is 5.40. The Labute approximate surface area is 177 Å². The third-order valence-electron chi connectivity index (χ3n) is 7.33. The molecular weight excluding hydrogens is 384 g/mol. The number of fused-ring (bicyclic) bond motifs is 1. The molecule has 9 nitrogen and oxygen atoms in total. The number of ether oxygens (including phenoxy) is 1. The average Bonchev–Trinajstić information content (AvgIpc) is 3.42. The van der Waals surface area contributed by atoms with Crippen LogP contribution in [0.15, 0.2) is 0 Å². The third kappa shape index (κ3) is 3.62. The first kappa shape index (κ1) is 19.9. The van der Waals surface area contributed by atoms with Crippen molar-refractivity contribution in [3.8, 4) is 0 Å². The van der Waals surface area contributed by atoms with Gasteiger partial charge in [0, 0.05) is 58.8 Å². The van der Waals surface area contributed by atoms with Crippen molar-refractivity contribution >= 4 is 11.8 Å². The van der Waals surface area contributed by atoms with Crippen LogP contribution in [0.1, 0.15) is 48.5 Å². The molecular formula is C21H32N6O3. The molecule has 1 aromatic heterocycles. The van der Waals surface area contributed by atoms with Crippen molar-refractivity contribution in [2.24, 2.45) is 5.41 Å². The lowest BCUT2D eigenvalue weighted by Gasteiger charge is -2.29. The maximum Gasteiger partial charge on any atom is 0.291 e. The van der Waals surface area contributed by atoms with Crippen LogP contribution in [-0.4, -0.2) is 100 Å². The summed E-state index contributed by atoms with van der Waals surface area (Å²) < 4.78 is 7.41. The van der Waals surface area contributed by atoms with Gasteiger partial charge in [-0.25, -0.2) is 0 Å². The van der Waals surface area contributed by atoms with Gasteiger partial charge < -0.3 is 19.1 Å². The second-order valence-electron chi connectivity index (χ2n) is 9.16. The van der Waals surface area contributed by atoms with E-state index in [0.717, 1.165) is 90.4 Å². The smallest absolute Gasteiger partial charge is 0.291 e. The van der Waals surface area contributed by atoms with E-state index in [2.05, 4.69) is 15.1 Å². The van der Waals surface area contributed by atoms with Gasteiger partial charge in [-0.3, -0.25) is 14.5 Å². The second-order valence-corrected chi connectivity index (χ2v) is 9.16. The van der Waals surface area contributed by atoms with E-state index < -0.39 is 5.41 Å². The van der Waals surface area contributed by atoms with Gasteiger partial charge in [0.1, 0.15) is 5.82 Å². The van der Waals surface area contributed by atoms with Crippen LogP contribution in [0.5, 0.6) is 0 Å². The first-order valence-corrected chi connectivity index (χ1v) is 11.5. The Balaban J connectivity index is 1.21. The monoisotopic (exact) mass is 416 g/mol. The summed E-state index contributed by atoms with van der Waals surface area (Å²) in [6.07, 6.45) is 5.82. The molecule has 1 atom stereocenters. The minimum atomic E-state index is -0.400. The van der Waals surface area contributed by atoms with Crippen LogP contribution in [0, 0.1) is 5.41 Å². The second kappa shape index (κ2) is 8.26. The topological polar surface area (TPSA) is 83.8 Å². The summed E-state index contributed by atoms with van der Waals surface area (Å²) in [6.45, 7) is 7.87. The van der Waals surface area contributed by atoms with Crippen LogP contribution < -0.4 is 0 Å². The van der Waals surface area contributed by atoms with E-state index in [9.17, 15) is 9.59 Å². The number of nitrogens with zero attached hydrogens (tertiary/aromatic N) is 6. The molecule has 4 aliphatic heterocycles. The molecule has 0 radical (unpaired) electrons. The van der Waals surface area contributed by atoms with Crippen molar-refractivity contribution in [1.82, 2.24) is 29.5 Å². The number of hydrogen-bond donors (Lipinski definition) is 0. The minimum absolute atomic E-state index is 0.0629. The van der Waals surface area contributed by atoms with Crippen molar-refractivity contribution in [2.75, 3.05) is 59.0 Å². The van der Waals surface area contributed by atoms with Crippen LogP contribution in [0.25, 0.3) is 0 Å². The van der Waals surface area contributed by atoms with Gasteiger partial charge >= 0.3 is 0 Å². The lowest BCUT2D eigenvalue weighted by Crippen LogP contribution is -2.44. The molecule has 9 heteroatoms. The molecule has 1 unspecified atom stereocenters. The highest BCUT2D eigenvalue weighted by molar-refractivity contribution is 5.93. The summed E-state index contributed by atoms with van der Waals surface area (Å²) >= 11 is 0. The van der Waals surface area contributed by atoms with Gasteiger partial charge in [0.2, 0.25) is 11.7 Å². The number of aromatic nitrogens is 3. The van der Waals surface area contributed by atoms with Crippen molar-refractivity contribution < 1.29 is 14.3 Å². The molecule has 1 spiro atoms. The highest BCUT2D eigenvalue weighted by atomic mass is 16.5. The summed E-state index contributed by atoms with van der Waals surface area (Å²) in [5.74, 6) is 1.55. The zero-order chi connectivity index (χ0) is 20.6. The van der Waals surface area contributed by atoms with E-state index in [4.69, 9.17) is 4.74 Å². The zero-order valence-electron chi connectivity index (χ0n) is 17.7. The quantitative estimate of drug-likeness (QED) is 0.707. The summed E-state index contributed by atoms with van der Waals surface area (Å²) in [6, 6.07) is 0. The summed E-state index contributed by atoms with van der Waals surface area (Å²) in [4.78, 5) is 32.7. The maximum absolute atomic E-state index is 13.2. The third-order valence-corrected chi connectivity index (χ3v) is 7.33. The standard InChI is InChI=1S/C21H32N6O3/c28-19(18-23-22-17-4-2-1-3-7-27(17)18)26-9-6-21(16-26)5-8-25(20(21)29)11-10-24-12-14-30-15-13-24/h1-16H2. The Bertz CT molecular complexity index is 805. The van der Waals surface area contributed by atoms with Crippen molar-refractivity contribution in [1.29, 1.82) is 0 Å². The van der Waals surface area contributed by atoms with Crippen LogP contribution in [-0.2, 0) is 22.5 Å². The minimum Gasteiger partial charge on any atom is -0.379 e. The van der Waals surface area contributed by atoms with Crippen LogP contribution in [0.3, 0.4) is 0 Å². The molecule has 5 heterocycles. The maximum atomic E-state index is 13.2. The summed E-state index contributed by atoms with van der Waals surface area (Å²) in [7, 11) is 0. The Hall–Kier alpha value is -2.00. The summed E-state index contributed by atoms with van der Waals surface area (Å²) in [5.41, 5.74) is -0.400. The van der Waals surface area contributed by atoms with Gasteiger partial charge in [-0.1, -0.05) is 6.42 Å². The highest BCUT2D eigenvalue weighted by Crippen LogP contribution is 2.41. The highest BCUT2D eigenvalue weighted by Gasteiger charge is 2.52. The molecule has 164 valence electrons. The number of rotatable bonds is 4. The average molecular weight is 417 g/mol. The fourth-order valence-electron chi connectivity index (χ4n) is 5.40. The largest absolute Gasteiger partial charge is 0.379 e. The fraction of sp³-hybridized carbons (Fsp3) is 0.810. The Morgan fingerprint density at radius 1 is 0.967 bits per heavy atom. The van der Waals surface area contributed by atoms with Gasteiger partial charge in [-0.05, 0) is 25.7 Å². The predicted octanol–water partition coefficient (Wildman–Crippen LogP) is 0.401. The molecule has 0 N–H and O–H groups in total. The number of hydrogen-bond acceptors (Lipinski definition) is 6. The van der Waals surface area contributed by atoms with Crippen molar-refractivity contribution in [3.63, 3.8) is 0 Å². The van der Waals surface area contributed by atoms with Crippen molar-refractivity contribution in [2.45, 2.75) is 45.1 Å². The molecule has 3 fully saturated rings. The summed E-state index contributed by atoms with van der Waals surface area (Å²) in [5, 5.41) is 8.50. The van der Waals surface area contributed by atoms with Gasteiger partial charge in [0.25, 0.3) is 5.91 Å². The predicted molar refractivity (Wildman–Crippen MR) is 109 cm³/mol. The molecule has 0 aliphatic carbocycles. The molecule has 0 saturated carbocycles. The lowest BCUT2D eigenvalue weighted by molar-refractivity contribution is -0.135. The normalized spacial score (nSPS) is 27.7. The lowest BCUT2D eigenvalue weighted by atomic mass is 9.85. The van der Waals surface area contributed by atoms with Crippen LogP contribution in [0.4, 0.5) is 0 Å². The van der Waals surface area contributed by atoms with Gasteiger partial charge in [0.15, 0.2) is 0 Å². The Morgan fingerprint density at radius 2 is 1.80 bits per heavy atom. The van der Waals surface area contributed by atoms with E-state index in [-0.39, 0.29) is 11.8 Å². The molecule has 0 aromatic carbocycles. The molecule has 30 heavy (non-hydrogen) atoms. The number of likely N-dealkylation sites (tertiary alicyclic amines) is 2. The van der Waals surface area contributed by atoms with E-state index >= 15 is 0 Å². The zero-order valence-corrected chi connectivity index (χ0v) is 17.7. The number of carbonyl (C=O) groups is 2. The molecule has 3 saturated heterocycles.